The molecule has 1 unspecified atom stereocenters. The molecule has 198 valence electrons. The molecular weight excluding hydrogens is 549 g/mol. The van der Waals surface area contributed by atoms with E-state index in [1.54, 1.807) is 19.9 Å². The van der Waals surface area contributed by atoms with E-state index < -0.39 is 35.8 Å². The number of alkyl halides is 3. The summed E-state index contributed by atoms with van der Waals surface area (Å²) in [7, 11) is 0. The molecule has 3 aromatic carbocycles. The third-order valence-electron chi connectivity index (χ3n) is 5.98. The van der Waals surface area contributed by atoms with Crippen LogP contribution >= 0.6 is 23.2 Å². The van der Waals surface area contributed by atoms with Crippen molar-refractivity contribution in [3.8, 4) is 0 Å². The molecule has 0 fully saturated rings. The second-order valence-corrected chi connectivity index (χ2v) is 9.58. The topological polar surface area (TPSA) is 79.8 Å². The lowest BCUT2D eigenvalue weighted by Crippen LogP contribution is -2.42. The fourth-order valence-electron chi connectivity index (χ4n) is 4.00. The molecule has 0 spiro atoms. The van der Waals surface area contributed by atoms with Gasteiger partial charge in [0.15, 0.2) is 0 Å². The standard InChI is InChI=1S/C26H19Cl2F4N3O3/c1-13-3-5-20(21(29)7-13)24(37)34-33-23(36)19-6-4-15(8-14(19)2)22-12-25(38-35-22,26(30,31)32)16-9-17(27)11-18(28)10-16/h3-11H,12H2,1-2H3,(H,33,36)(H,34,37). The molecule has 0 bridgehead atoms. The number of halogens is 6. The highest BCUT2D eigenvalue weighted by molar-refractivity contribution is 6.34. The lowest BCUT2D eigenvalue weighted by molar-refractivity contribution is -0.275. The van der Waals surface area contributed by atoms with Gasteiger partial charge in [0.05, 0.1) is 11.3 Å². The summed E-state index contributed by atoms with van der Waals surface area (Å²) in [5.41, 5.74) is 2.42. The van der Waals surface area contributed by atoms with E-state index in [2.05, 4.69) is 16.0 Å². The second-order valence-electron chi connectivity index (χ2n) is 8.71. The molecule has 4 rings (SSSR count). The molecule has 1 aliphatic heterocycles. The molecular formula is C26H19Cl2F4N3O3. The average Bonchev–Trinajstić information content (AvgIpc) is 3.29. The number of benzene rings is 3. The van der Waals surface area contributed by atoms with Crippen LogP contribution in [-0.4, -0.2) is 23.7 Å². The number of aryl methyl sites for hydroxylation is 2. The summed E-state index contributed by atoms with van der Waals surface area (Å²) in [5, 5.41) is 3.72. The van der Waals surface area contributed by atoms with Crippen molar-refractivity contribution < 1.29 is 32.0 Å². The third kappa shape index (κ3) is 5.32. The number of hydrazine groups is 1. The number of amides is 2. The maximum Gasteiger partial charge on any atom is 0.435 e. The Morgan fingerprint density at radius 2 is 1.53 bits per heavy atom. The van der Waals surface area contributed by atoms with Crippen LogP contribution in [0.1, 0.15) is 49.4 Å². The molecule has 0 radical (unpaired) electrons. The minimum Gasteiger partial charge on any atom is -0.374 e. The van der Waals surface area contributed by atoms with E-state index in [0.29, 0.717) is 16.7 Å². The number of hydrogen-bond acceptors (Lipinski definition) is 4. The zero-order valence-corrected chi connectivity index (χ0v) is 21.4. The number of carbonyl (C=O) groups is 2. The third-order valence-corrected chi connectivity index (χ3v) is 6.41. The van der Waals surface area contributed by atoms with Crippen LogP contribution in [0.4, 0.5) is 17.6 Å². The molecule has 1 atom stereocenters. The van der Waals surface area contributed by atoms with Gasteiger partial charge in [-0.3, -0.25) is 20.4 Å². The van der Waals surface area contributed by atoms with Crippen LogP contribution in [0.3, 0.4) is 0 Å². The molecule has 6 nitrogen and oxygen atoms in total. The molecule has 3 aromatic rings. The van der Waals surface area contributed by atoms with E-state index >= 15 is 0 Å². The zero-order valence-electron chi connectivity index (χ0n) is 19.8. The van der Waals surface area contributed by atoms with Crippen LogP contribution in [0.5, 0.6) is 0 Å². The minimum atomic E-state index is -4.85. The zero-order chi connectivity index (χ0) is 27.8. The Bertz CT molecular complexity index is 1460. The molecule has 0 saturated heterocycles. The lowest BCUT2D eigenvalue weighted by Gasteiger charge is -2.29. The van der Waals surface area contributed by atoms with E-state index in [1.165, 1.54) is 36.4 Å². The summed E-state index contributed by atoms with van der Waals surface area (Å²) < 4.78 is 56.7. The summed E-state index contributed by atoms with van der Waals surface area (Å²) in [6.07, 6.45) is -5.51. The van der Waals surface area contributed by atoms with Crippen molar-refractivity contribution in [1.29, 1.82) is 0 Å². The summed E-state index contributed by atoms with van der Waals surface area (Å²) in [5.74, 6) is -2.31. The predicted octanol–water partition coefficient (Wildman–Crippen LogP) is 6.41. The first kappa shape index (κ1) is 27.4. The van der Waals surface area contributed by atoms with Gasteiger partial charge in [-0.15, -0.1) is 0 Å². The van der Waals surface area contributed by atoms with Crippen molar-refractivity contribution in [2.75, 3.05) is 0 Å². The molecule has 0 saturated carbocycles. The van der Waals surface area contributed by atoms with Gasteiger partial charge in [0, 0.05) is 27.6 Å². The molecule has 2 N–H and O–H groups in total. The van der Waals surface area contributed by atoms with Crippen LogP contribution in [0.15, 0.2) is 59.8 Å². The van der Waals surface area contributed by atoms with Crippen molar-refractivity contribution in [2.24, 2.45) is 5.16 Å². The van der Waals surface area contributed by atoms with Gasteiger partial charge in [-0.2, -0.15) is 13.2 Å². The van der Waals surface area contributed by atoms with Crippen LogP contribution in [0.25, 0.3) is 0 Å². The van der Waals surface area contributed by atoms with Gasteiger partial charge in [0.1, 0.15) is 5.82 Å². The Hall–Kier alpha value is -3.63. The van der Waals surface area contributed by atoms with Crippen molar-refractivity contribution in [3.63, 3.8) is 0 Å². The highest BCUT2D eigenvalue weighted by Crippen LogP contribution is 2.49. The molecule has 0 aliphatic carbocycles. The largest absolute Gasteiger partial charge is 0.435 e. The van der Waals surface area contributed by atoms with E-state index in [-0.39, 0.29) is 32.4 Å². The number of oxime groups is 1. The number of rotatable bonds is 4. The normalized spacial score (nSPS) is 17.0. The SMILES string of the molecule is Cc1ccc(C(=O)NNC(=O)c2ccc(C3=NOC(c4cc(Cl)cc(Cl)c4)(C(F)(F)F)C3)cc2C)c(F)c1. The summed E-state index contributed by atoms with van der Waals surface area (Å²) in [6, 6.07) is 11.8. The quantitative estimate of drug-likeness (QED) is 0.282. The molecule has 2 amide bonds. The van der Waals surface area contributed by atoms with Gasteiger partial charge >= 0.3 is 6.18 Å². The van der Waals surface area contributed by atoms with Gasteiger partial charge in [-0.1, -0.05) is 40.5 Å². The van der Waals surface area contributed by atoms with Crippen molar-refractivity contribution in [3.05, 3.63) is 104 Å². The Balaban J connectivity index is 1.51. The first-order chi connectivity index (χ1) is 17.8. The fraction of sp³-hybridized carbons (Fsp3) is 0.192. The summed E-state index contributed by atoms with van der Waals surface area (Å²) >= 11 is 11.9. The smallest absolute Gasteiger partial charge is 0.374 e. The predicted molar refractivity (Wildman–Crippen MR) is 134 cm³/mol. The van der Waals surface area contributed by atoms with Gasteiger partial charge in [0.25, 0.3) is 17.4 Å². The van der Waals surface area contributed by atoms with Gasteiger partial charge in [0.2, 0.25) is 0 Å². The summed E-state index contributed by atoms with van der Waals surface area (Å²) in [4.78, 5) is 29.8. The van der Waals surface area contributed by atoms with Crippen molar-refractivity contribution in [1.82, 2.24) is 10.9 Å². The number of nitrogens with zero attached hydrogens (tertiary/aromatic N) is 1. The first-order valence-electron chi connectivity index (χ1n) is 11.1. The van der Waals surface area contributed by atoms with Crippen LogP contribution in [0, 0.1) is 19.7 Å². The fourth-order valence-corrected chi connectivity index (χ4v) is 4.52. The highest BCUT2D eigenvalue weighted by Gasteiger charge is 2.62. The Morgan fingerprint density at radius 1 is 0.921 bits per heavy atom. The van der Waals surface area contributed by atoms with Crippen molar-refractivity contribution in [2.45, 2.75) is 32.0 Å². The van der Waals surface area contributed by atoms with Crippen LogP contribution in [-0.2, 0) is 10.4 Å². The van der Waals surface area contributed by atoms with Crippen LogP contribution in [0.2, 0.25) is 10.0 Å². The molecule has 38 heavy (non-hydrogen) atoms. The molecule has 0 aromatic heterocycles. The number of carbonyl (C=O) groups excluding carboxylic acids is 2. The minimum absolute atomic E-state index is 0.00312. The van der Waals surface area contributed by atoms with E-state index in [4.69, 9.17) is 28.0 Å². The number of nitrogens with one attached hydrogen (secondary N) is 2. The van der Waals surface area contributed by atoms with E-state index in [1.807, 2.05) is 0 Å². The highest BCUT2D eigenvalue weighted by atomic mass is 35.5. The van der Waals surface area contributed by atoms with Crippen molar-refractivity contribution >= 4 is 40.7 Å². The summed E-state index contributed by atoms with van der Waals surface area (Å²) in [6.45, 7) is 3.22. The Kier molecular flexibility index (Phi) is 7.40. The van der Waals surface area contributed by atoms with E-state index in [0.717, 1.165) is 12.1 Å². The maximum absolute atomic E-state index is 14.2. The molecule has 1 aliphatic rings. The second kappa shape index (κ2) is 10.3. The van der Waals surface area contributed by atoms with Gasteiger partial charge in [-0.05, 0) is 73.0 Å². The van der Waals surface area contributed by atoms with E-state index in [9.17, 15) is 27.2 Å². The first-order valence-corrected chi connectivity index (χ1v) is 11.8. The lowest BCUT2D eigenvalue weighted by atomic mass is 9.86. The Morgan fingerprint density at radius 3 is 2.11 bits per heavy atom. The Labute approximate surface area is 224 Å². The molecule has 12 heteroatoms. The van der Waals surface area contributed by atoms with Gasteiger partial charge in [-0.25, -0.2) is 4.39 Å². The average molecular weight is 568 g/mol. The maximum atomic E-state index is 14.2. The monoisotopic (exact) mass is 567 g/mol. The number of hydrogen-bond donors (Lipinski definition) is 2. The van der Waals surface area contributed by atoms with Crippen LogP contribution < -0.4 is 10.9 Å². The molecule has 1 heterocycles. The van der Waals surface area contributed by atoms with Gasteiger partial charge < -0.3 is 4.84 Å².